The number of tetrazole rings is 1. The molecule has 0 bridgehead atoms. The van der Waals surface area contributed by atoms with E-state index in [-0.39, 0.29) is 29.5 Å². The molecule has 0 aliphatic rings. The summed E-state index contributed by atoms with van der Waals surface area (Å²) in [4.78, 5) is 19.4. The number of alkyl halides is 2. The Hall–Kier alpha value is -2.63. The highest BCUT2D eigenvalue weighted by Gasteiger charge is 2.22. The van der Waals surface area contributed by atoms with Crippen LogP contribution in [0, 0.1) is 0 Å². The van der Waals surface area contributed by atoms with E-state index in [9.17, 15) is 13.6 Å². The molecule has 0 aliphatic heterocycles. The molecule has 9 nitrogen and oxygen atoms in total. The summed E-state index contributed by atoms with van der Waals surface area (Å²) >= 11 is 1.06. The van der Waals surface area contributed by atoms with Crippen molar-refractivity contribution in [2.45, 2.75) is 13.2 Å². The van der Waals surface area contributed by atoms with Crippen molar-refractivity contribution < 1.29 is 14.9 Å². The van der Waals surface area contributed by atoms with Gasteiger partial charge < -0.3 is 4.74 Å². The molecule has 0 aliphatic carbocycles. The van der Waals surface area contributed by atoms with Gasteiger partial charge in [0.25, 0.3) is 5.19 Å². The first-order chi connectivity index (χ1) is 11.0. The third-order valence-corrected chi connectivity index (χ3v) is 3.34. The highest BCUT2D eigenvalue weighted by Crippen LogP contribution is 2.21. The van der Waals surface area contributed by atoms with Gasteiger partial charge in [0, 0.05) is 18.6 Å². The van der Waals surface area contributed by atoms with Gasteiger partial charge in [0.1, 0.15) is 18.6 Å². The van der Waals surface area contributed by atoms with Crippen molar-refractivity contribution in [2.24, 2.45) is 7.05 Å². The van der Waals surface area contributed by atoms with Gasteiger partial charge in [0.2, 0.25) is 0 Å². The molecule has 0 atom stereocenters. The molecule has 3 aromatic heterocycles. The van der Waals surface area contributed by atoms with Crippen LogP contribution in [-0.2, 0) is 13.7 Å². The fourth-order valence-electron chi connectivity index (χ4n) is 1.69. The third kappa shape index (κ3) is 2.47. The van der Waals surface area contributed by atoms with Crippen LogP contribution < -0.4 is 10.4 Å². The number of thiazole rings is 1. The van der Waals surface area contributed by atoms with Crippen molar-refractivity contribution in [3.8, 4) is 11.0 Å². The number of halogens is 2. The van der Waals surface area contributed by atoms with E-state index in [4.69, 9.17) is 6.11 Å². The summed E-state index contributed by atoms with van der Waals surface area (Å²) in [6.45, 7) is -3.19. The largest absolute Gasteiger partial charge is 0.463 e. The Morgan fingerprint density at radius 2 is 2.27 bits per heavy atom. The minimum absolute atomic E-state index is 0.0118. The standard InChI is InChI=1S/C10H9F2N7O2S/c1-17-10(20)19(16-15-17)7-6(18(5-14-7)8(11)12)4-21-9-13-2-3-22-9/h2-3,5,8H,4H2,1H3/i2T. The van der Waals surface area contributed by atoms with Gasteiger partial charge in [-0.2, -0.15) is 13.5 Å². The molecule has 0 unspecified atom stereocenters. The van der Waals surface area contributed by atoms with E-state index >= 15 is 0 Å². The summed E-state index contributed by atoms with van der Waals surface area (Å²) in [5, 5.41) is 8.68. The van der Waals surface area contributed by atoms with E-state index < -0.39 is 12.2 Å². The molecule has 0 spiro atoms. The molecule has 3 heterocycles. The predicted molar refractivity (Wildman–Crippen MR) is 70.1 cm³/mol. The molecular formula is C10H9F2N7O2S. The van der Waals surface area contributed by atoms with Crippen molar-refractivity contribution in [3.05, 3.63) is 34.1 Å². The lowest BCUT2D eigenvalue weighted by Gasteiger charge is -2.08. The number of rotatable bonds is 5. The molecule has 0 saturated carbocycles. The molecule has 0 fully saturated rings. The predicted octanol–water partition coefficient (Wildman–Crippen LogP) is 0.593. The zero-order chi connectivity index (χ0) is 16.6. The molecule has 22 heavy (non-hydrogen) atoms. The average molecular weight is 331 g/mol. The molecule has 0 radical (unpaired) electrons. The van der Waals surface area contributed by atoms with Gasteiger partial charge in [0.15, 0.2) is 5.82 Å². The second-order valence-corrected chi connectivity index (χ2v) is 4.85. The first-order valence-electron chi connectivity index (χ1n) is 6.35. The monoisotopic (exact) mass is 331 g/mol. The summed E-state index contributed by atoms with van der Waals surface area (Å²) in [5.41, 5.74) is -0.696. The molecule has 116 valence electrons. The minimum Gasteiger partial charge on any atom is -0.463 e. The van der Waals surface area contributed by atoms with Gasteiger partial charge in [-0.3, -0.25) is 4.57 Å². The van der Waals surface area contributed by atoms with E-state index in [1.54, 1.807) is 0 Å². The third-order valence-electron chi connectivity index (χ3n) is 2.71. The molecule has 0 saturated heterocycles. The number of aromatic nitrogens is 7. The Bertz CT molecular complexity index is 886. The lowest BCUT2D eigenvalue weighted by atomic mass is 10.4. The van der Waals surface area contributed by atoms with Crippen molar-refractivity contribution in [1.82, 2.24) is 34.3 Å². The topological polar surface area (TPSA) is 92.6 Å². The van der Waals surface area contributed by atoms with E-state index in [0.717, 1.165) is 27.0 Å². The maximum absolute atomic E-state index is 13.1. The van der Waals surface area contributed by atoms with E-state index in [2.05, 4.69) is 20.4 Å². The maximum atomic E-state index is 13.1. The van der Waals surface area contributed by atoms with Gasteiger partial charge in [-0.05, 0) is 10.4 Å². The summed E-state index contributed by atoms with van der Waals surface area (Å²) in [6, 6.07) is 0. The average Bonchev–Trinajstić information content (AvgIpc) is 3.18. The number of ether oxygens (including phenoxy) is 1. The number of hydrogen-bond acceptors (Lipinski definition) is 7. The number of nitrogens with zero attached hydrogens (tertiary/aromatic N) is 7. The molecular weight excluding hydrogens is 320 g/mol. The zero-order valence-corrected chi connectivity index (χ0v) is 11.9. The molecule has 3 aromatic rings. The van der Waals surface area contributed by atoms with Crippen molar-refractivity contribution in [1.29, 1.82) is 0 Å². The van der Waals surface area contributed by atoms with Crippen LogP contribution in [0.25, 0.3) is 5.82 Å². The highest BCUT2D eigenvalue weighted by molar-refractivity contribution is 7.11. The lowest BCUT2D eigenvalue weighted by Crippen LogP contribution is -2.23. The van der Waals surface area contributed by atoms with Crippen LogP contribution in [0.4, 0.5) is 8.78 Å². The van der Waals surface area contributed by atoms with Crippen molar-refractivity contribution in [3.63, 3.8) is 0 Å². The van der Waals surface area contributed by atoms with Crippen LogP contribution in [0.3, 0.4) is 0 Å². The number of hydrogen-bond donors (Lipinski definition) is 0. The Labute approximate surface area is 126 Å². The highest BCUT2D eigenvalue weighted by atomic mass is 32.1. The minimum atomic E-state index is -2.87. The fourth-order valence-corrected chi connectivity index (χ4v) is 2.12. The molecule has 0 N–H and O–H groups in total. The molecule has 0 aromatic carbocycles. The molecule has 0 amide bonds. The molecule has 12 heteroatoms. The quantitative estimate of drug-likeness (QED) is 0.679. The second-order valence-electron chi connectivity index (χ2n) is 4.03. The zero-order valence-electron chi connectivity index (χ0n) is 12.1. The number of aryl methyl sites for hydroxylation is 1. The van der Waals surface area contributed by atoms with Gasteiger partial charge in [-0.15, -0.1) is 4.68 Å². The first-order valence-corrected chi connectivity index (χ1v) is 6.73. The van der Waals surface area contributed by atoms with Crippen molar-refractivity contribution >= 4 is 11.3 Å². The normalized spacial score (nSPS) is 11.9. The fraction of sp³-hybridized carbons (Fsp3) is 0.300. The van der Waals surface area contributed by atoms with Crippen LogP contribution in [0.2, 0.25) is 0 Å². The summed E-state index contributed by atoms with van der Waals surface area (Å²) in [5.74, 6) is -0.106. The van der Waals surface area contributed by atoms with Crippen LogP contribution in [-0.4, -0.2) is 34.3 Å². The van der Waals surface area contributed by atoms with Gasteiger partial charge in [-0.1, -0.05) is 11.3 Å². The van der Waals surface area contributed by atoms with Gasteiger partial charge in [0.05, 0.1) is 1.37 Å². The maximum Gasteiger partial charge on any atom is 0.369 e. The van der Waals surface area contributed by atoms with Gasteiger partial charge in [-0.25, -0.2) is 14.8 Å². The second kappa shape index (κ2) is 5.63. The number of imidazole rings is 1. The van der Waals surface area contributed by atoms with Crippen LogP contribution in [0.15, 0.2) is 22.7 Å². The van der Waals surface area contributed by atoms with Crippen LogP contribution in [0.5, 0.6) is 5.19 Å². The van der Waals surface area contributed by atoms with E-state index in [0.29, 0.717) is 4.57 Å². The Morgan fingerprint density at radius 1 is 1.45 bits per heavy atom. The SMILES string of the molecule is [3H]c1csc(OCc2c(-n3nnn(C)c3=O)ncn2C(F)F)n1. The van der Waals surface area contributed by atoms with Crippen LogP contribution >= 0.6 is 11.3 Å². The smallest absolute Gasteiger partial charge is 0.369 e. The van der Waals surface area contributed by atoms with E-state index in [1.165, 1.54) is 12.4 Å². The summed E-state index contributed by atoms with van der Waals surface area (Å²) in [7, 11) is 1.37. The Morgan fingerprint density at radius 3 is 2.86 bits per heavy atom. The lowest BCUT2D eigenvalue weighted by molar-refractivity contribution is 0.0638. The van der Waals surface area contributed by atoms with E-state index in [1.807, 2.05) is 0 Å². The Balaban J connectivity index is 1.97. The Kier molecular flexibility index (Phi) is 3.34. The van der Waals surface area contributed by atoms with Crippen molar-refractivity contribution in [2.75, 3.05) is 0 Å². The first kappa shape index (κ1) is 13.1. The summed E-state index contributed by atoms with van der Waals surface area (Å²) < 4.78 is 41.1. The van der Waals surface area contributed by atoms with Gasteiger partial charge >= 0.3 is 12.2 Å². The molecule has 3 rings (SSSR count). The summed E-state index contributed by atoms with van der Waals surface area (Å²) in [6.07, 6.45) is 0.898. The van der Waals surface area contributed by atoms with Crippen LogP contribution in [0.1, 0.15) is 13.6 Å².